The first kappa shape index (κ1) is 17.7. The Morgan fingerprint density at radius 1 is 1.42 bits per heavy atom. The summed E-state index contributed by atoms with van der Waals surface area (Å²) in [5, 5.41) is 10.3. The monoisotopic (exact) mass is 360 g/mol. The van der Waals surface area contributed by atoms with Gasteiger partial charge in [0.15, 0.2) is 11.2 Å². The minimum atomic E-state index is -0.934. The number of hydrazine groups is 1. The number of imidazole rings is 1. The molecule has 138 valence electrons. The van der Waals surface area contributed by atoms with E-state index in [4.69, 9.17) is 10.6 Å². The molecule has 26 heavy (non-hydrogen) atoms. The fourth-order valence-electron chi connectivity index (χ4n) is 2.68. The predicted molar refractivity (Wildman–Crippen MR) is 96.1 cm³/mol. The number of aliphatic hydroxyl groups excluding tert-OH is 1. The molecule has 0 unspecified atom stereocenters. The first-order chi connectivity index (χ1) is 12.4. The van der Waals surface area contributed by atoms with Crippen LogP contribution in [-0.2, 0) is 13.6 Å². The fourth-order valence-corrected chi connectivity index (χ4v) is 2.68. The lowest BCUT2D eigenvalue weighted by molar-refractivity contribution is 0.0938. The highest BCUT2D eigenvalue weighted by atomic mass is 16.5. The molecule has 0 spiro atoms. The van der Waals surface area contributed by atoms with Crippen LogP contribution >= 0.6 is 0 Å². The Morgan fingerprint density at radius 3 is 2.88 bits per heavy atom. The van der Waals surface area contributed by atoms with Crippen LogP contribution in [0.2, 0.25) is 0 Å². The fraction of sp³-hybridized carbons (Fsp3) is 0.312. The number of anilines is 1. The molecular weight excluding hydrogens is 340 g/mol. The standard InChI is InChI=1S/C16H20N6O4/c1-9-4-3-5-11(6-9)26-8-10(23)7-22-12-13(18-15(22)20-17)21(2)16(25)19-14(12)24/h3-6,10,23H,7-8,17H2,1-2H3,(H,18,20)(H,19,24,25)/t10-/m1/s1. The molecule has 3 rings (SSSR count). The summed E-state index contributed by atoms with van der Waals surface area (Å²) in [5.41, 5.74) is 2.53. The van der Waals surface area contributed by atoms with Gasteiger partial charge in [0, 0.05) is 7.05 Å². The van der Waals surface area contributed by atoms with Gasteiger partial charge in [-0.15, -0.1) is 0 Å². The minimum Gasteiger partial charge on any atom is -0.491 e. The predicted octanol–water partition coefficient (Wildman–Crippen LogP) is -0.543. The van der Waals surface area contributed by atoms with Crippen molar-refractivity contribution in [3.63, 3.8) is 0 Å². The average molecular weight is 360 g/mol. The third kappa shape index (κ3) is 3.32. The molecule has 5 N–H and O–H groups in total. The number of aryl methyl sites for hydroxylation is 2. The molecule has 0 aliphatic rings. The maximum absolute atomic E-state index is 12.2. The number of fused-ring (bicyclic) bond motifs is 1. The van der Waals surface area contributed by atoms with Crippen LogP contribution in [0.15, 0.2) is 33.9 Å². The number of aromatic amines is 1. The molecule has 0 radical (unpaired) electrons. The molecule has 10 nitrogen and oxygen atoms in total. The zero-order chi connectivity index (χ0) is 18.8. The minimum absolute atomic E-state index is 0.00311. The van der Waals surface area contributed by atoms with Crippen LogP contribution in [-0.4, -0.2) is 36.9 Å². The van der Waals surface area contributed by atoms with Crippen molar-refractivity contribution in [2.24, 2.45) is 12.9 Å². The van der Waals surface area contributed by atoms with E-state index < -0.39 is 17.4 Å². The third-order valence-electron chi connectivity index (χ3n) is 3.96. The number of hydrogen-bond donors (Lipinski definition) is 4. The number of rotatable bonds is 6. The number of hydrogen-bond acceptors (Lipinski definition) is 7. The molecule has 0 fully saturated rings. The zero-order valence-electron chi connectivity index (χ0n) is 14.4. The van der Waals surface area contributed by atoms with Crippen LogP contribution in [0.25, 0.3) is 11.2 Å². The van der Waals surface area contributed by atoms with E-state index in [0.717, 1.165) is 5.56 Å². The highest BCUT2D eigenvalue weighted by Gasteiger charge is 2.19. The lowest BCUT2D eigenvalue weighted by atomic mass is 10.2. The molecule has 0 amide bonds. The van der Waals surface area contributed by atoms with Crippen molar-refractivity contribution in [1.29, 1.82) is 0 Å². The lowest BCUT2D eigenvalue weighted by Crippen LogP contribution is -2.31. The van der Waals surface area contributed by atoms with E-state index in [-0.39, 0.29) is 30.3 Å². The quantitative estimate of drug-likeness (QED) is 0.342. The van der Waals surface area contributed by atoms with Crippen molar-refractivity contribution in [2.75, 3.05) is 12.0 Å². The van der Waals surface area contributed by atoms with Crippen LogP contribution in [0, 0.1) is 6.92 Å². The van der Waals surface area contributed by atoms with Crippen molar-refractivity contribution in [3.05, 3.63) is 50.7 Å². The highest BCUT2D eigenvalue weighted by Crippen LogP contribution is 2.16. The van der Waals surface area contributed by atoms with Gasteiger partial charge in [-0.3, -0.25) is 19.8 Å². The van der Waals surface area contributed by atoms with E-state index in [1.807, 2.05) is 25.1 Å². The Hall–Kier alpha value is -3.11. The first-order valence-electron chi connectivity index (χ1n) is 7.94. The summed E-state index contributed by atoms with van der Waals surface area (Å²) in [7, 11) is 1.48. The average Bonchev–Trinajstić information content (AvgIpc) is 2.97. The van der Waals surface area contributed by atoms with Crippen LogP contribution in [0.4, 0.5) is 5.95 Å². The van der Waals surface area contributed by atoms with Gasteiger partial charge in [0.1, 0.15) is 18.5 Å². The van der Waals surface area contributed by atoms with Crippen molar-refractivity contribution in [3.8, 4) is 5.75 Å². The van der Waals surface area contributed by atoms with Gasteiger partial charge in [0.05, 0.1) is 6.54 Å². The summed E-state index contributed by atoms with van der Waals surface area (Å²) in [4.78, 5) is 30.3. The summed E-state index contributed by atoms with van der Waals surface area (Å²) in [6.45, 7) is 1.95. The second kappa shape index (κ2) is 7.02. The molecule has 10 heteroatoms. The van der Waals surface area contributed by atoms with Gasteiger partial charge in [-0.05, 0) is 24.6 Å². The largest absolute Gasteiger partial charge is 0.491 e. The van der Waals surface area contributed by atoms with Crippen molar-refractivity contribution in [1.82, 2.24) is 19.1 Å². The van der Waals surface area contributed by atoms with Crippen molar-refractivity contribution < 1.29 is 9.84 Å². The molecule has 3 aromatic rings. The van der Waals surface area contributed by atoms with Crippen LogP contribution in [0.5, 0.6) is 5.75 Å². The summed E-state index contributed by atoms with van der Waals surface area (Å²) in [6, 6.07) is 7.44. The van der Waals surface area contributed by atoms with Gasteiger partial charge in [-0.25, -0.2) is 10.6 Å². The molecule has 1 atom stereocenters. The molecule has 0 saturated carbocycles. The Morgan fingerprint density at radius 2 is 2.19 bits per heavy atom. The van der Waals surface area contributed by atoms with E-state index in [1.54, 1.807) is 6.07 Å². The number of aliphatic hydroxyl groups is 1. The number of H-pyrrole nitrogens is 1. The Kier molecular flexibility index (Phi) is 4.78. The number of benzene rings is 1. The molecule has 1 aromatic carbocycles. The van der Waals surface area contributed by atoms with Crippen molar-refractivity contribution in [2.45, 2.75) is 19.6 Å². The van der Waals surface area contributed by atoms with Crippen LogP contribution < -0.4 is 27.3 Å². The number of nitrogens with zero attached hydrogens (tertiary/aromatic N) is 3. The zero-order valence-corrected chi connectivity index (χ0v) is 14.4. The molecule has 0 bridgehead atoms. The maximum atomic E-state index is 12.2. The van der Waals surface area contributed by atoms with E-state index in [9.17, 15) is 14.7 Å². The Bertz CT molecular complexity index is 1050. The van der Waals surface area contributed by atoms with E-state index >= 15 is 0 Å². The topological polar surface area (TPSA) is 140 Å². The molecular formula is C16H20N6O4. The lowest BCUT2D eigenvalue weighted by Gasteiger charge is -2.15. The summed E-state index contributed by atoms with van der Waals surface area (Å²) in [5.74, 6) is 6.25. The Balaban J connectivity index is 1.87. The van der Waals surface area contributed by atoms with Gasteiger partial charge in [-0.1, -0.05) is 12.1 Å². The number of aromatic nitrogens is 4. The SMILES string of the molecule is Cc1cccc(OC[C@H](O)Cn2c(NN)nc3c2c(=O)[nH]c(=O)n3C)c1. The van der Waals surface area contributed by atoms with Gasteiger partial charge in [0.2, 0.25) is 5.95 Å². The summed E-state index contributed by atoms with van der Waals surface area (Å²) < 4.78 is 8.19. The second-order valence-corrected chi connectivity index (χ2v) is 5.96. The summed E-state index contributed by atoms with van der Waals surface area (Å²) >= 11 is 0. The second-order valence-electron chi connectivity index (χ2n) is 5.96. The van der Waals surface area contributed by atoms with E-state index in [2.05, 4.69) is 15.4 Å². The number of nitrogen functional groups attached to an aromatic ring is 1. The maximum Gasteiger partial charge on any atom is 0.329 e. The van der Waals surface area contributed by atoms with Gasteiger partial charge < -0.3 is 14.4 Å². The van der Waals surface area contributed by atoms with Gasteiger partial charge in [0.25, 0.3) is 5.56 Å². The molecule has 0 aliphatic carbocycles. The Labute approximate surface area is 147 Å². The smallest absolute Gasteiger partial charge is 0.329 e. The summed E-state index contributed by atoms with van der Waals surface area (Å²) in [6.07, 6.45) is -0.934. The third-order valence-corrected chi connectivity index (χ3v) is 3.96. The first-order valence-corrected chi connectivity index (χ1v) is 7.94. The molecule has 0 aliphatic heterocycles. The molecule has 2 aromatic heterocycles. The normalized spacial score (nSPS) is 12.3. The van der Waals surface area contributed by atoms with Gasteiger partial charge in [-0.2, -0.15) is 4.98 Å². The molecule has 0 saturated heterocycles. The number of ether oxygens (including phenoxy) is 1. The molecule has 2 heterocycles. The van der Waals surface area contributed by atoms with Crippen LogP contribution in [0.3, 0.4) is 0 Å². The van der Waals surface area contributed by atoms with Gasteiger partial charge >= 0.3 is 5.69 Å². The van der Waals surface area contributed by atoms with E-state index in [0.29, 0.717) is 5.75 Å². The number of nitrogens with two attached hydrogens (primary N) is 1. The van der Waals surface area contributed by atoms with E-state index in [1.165, 1.54) is 16.2 Å². The highest BCUT2D eigenvalue weighted by molar-refractivity contribution is 5.74. The van der Waals surface area contributed by atoms with Crippen LogP contribution in [0.1, 0.15) is 5.56 Å². The number of nitrogens with one attached hydrogen (secondary N) is 2. The van der Waals surface area contributed by atoms with Crippen molar-refractivity contribution >= 4 is 17.1 Å².